The van der Waals surface area contributed by atoms with E-state index in [1.165, 1.54) is 6.07 Å². The van der Waals surface area contributed by atoms with Crippen molar-refractivity contribution in [2.24, 2.45) is 11.7 Å². The van der Waals surface area contributed by atoms with Crippen molar-refractivity contribution in [2.75, 3.05) is 6.54 Å². The third-order valence-electron chi connectivity index (χ3n) is 3.03. The van der Waals surface area contributed by atoms with Crippen LogP contribution in [0.3, 0.4) is 0 Å². The number of halogens is 2. The van der Waals surface area contributed by atoms with Crippen molar-refractivity contribution in [2.45, 2.75) is 25.4 Å². The summed E-state index contributed by atoms with van der Waals surface area (Å²) >= 11 is 3.34. The van der Waals surface area contributed by atoms with Crippen molar-refractivity contribution in [3.05, 3.63) is 34.1 Å². The molecule has 0 spiro atoms. The van der Waals surface area contributed by atoms with E-state index in [0.29, 0.717) is 24.1 Å². The van der Waals surface area contributed by atoms with E-state index in [2.05, 4.69) is 21.2 Å². The lowest BCUT2D eigenvalue weighted by molar-refractivity contribution is 0.255. The molecule has 3 N–H and O–H groups in total. The molecular formula is C12H16BrFN2. The Kier molecular flexibility index (Phi) is 3.95. The normalized spacial score (nSPS) is 24.2. The van der Waals surface area contributed by atoms with Gasteiger partial charge in [-0.15, -0.1) is 0 Å². The van der Waals surface area contributed by atoms with Gasteiger partial charge in [0.1, 0.15) is 5.82 Å². The Hall–Kier alpha value is -0.450. The van der Waals surface area contributed by atoms with Gasteiger partial charge in [-0.05, 0) is 43.5 Å². The molecule has 0 atom stereocenters. The molecule has 4 heteroatoms. The van der Waals surface area contributed by atoms with E-state index >= 15 is 0 Å². The first kappa shape index (κ1) is 12.0. The number of nitrogens with two attached hydrogens (primary N) is 1. The summed E-state index contributed by atoms with van der Waals surface area (Å²) in [5, 5.41) is 3.28. The second-order valence-electron chi connectivity index (χ2n) is 4.46. The van der Waals surface area contributed by atoms with Crippen LogP contribution < -0.4 is 11.1 Å². The molecule has 1 aromatic rings. The average molecular weight is 287 g/mol. The van der Waals surface area contributed by atoms with Gasteiger partial charge in [0.15, 0.2) is 0 Å². The largest absolute Gasteiger partial charge is 0.328 e. The molecule has 2 rings (SSSR count). The molecule has 16 heavy (non-hydrogen) atoms. The monoisotopic (exact) mass is 286 g/mol. The molecule has 0 amide bonds. The Labute approximate surface area is 104 Å². The van der Waals surface area contributed by atoms with Gasteiger partial charge in [0.2, 0.25) is 0 Å². The Morgan fingerprint density at radius 1 is 1.44 bits per heavy atom. The lowest BCUT2D eigenvalue weighted by atomic mass is 9.81. The van der Waals surface area contributed by atoms with E-state index in [4.69, 9.17) is 5.73 Å². The van der Waals surface area contributed by atoms with Gasteiger partial charge in [-0.2, -0.15) is 0 Å². The summed E-state index contributed by atoms with van der Waals surface area (Å²) in [6.07, 6.45) is 2.18. The molecule has 0 heterocycles. The van der Waals surface area contributed by atoms with Crippen LogP contribution in [-0.4, -0.2) is 12.6 Å². The molecule has 1 aliphatic carbocycles. The maximum atomic E-state index is 13.4. The zero-order chi connectivity index (χ0) is 11.5. The number of hydrogen-bond acceptors (Lipinski definition) is 2. The molecule has 2 nitrogen and oxygen atoms in total. The number of rotatable bonds is 4. The van der Waals surface area contributed by atoms with Crippen LogP contribution in [0.15, 0.2) is 22.7 Å². The fourth-order valence-corrected chi connectivity index (χ4v) is 2.45. The van der Waals surface area contributed by atoms with Crippen molar-refractivity contribution in [3.8, 4) is 0 Å². The summed E-state index contributed by atoms with van der Waals surface area (Å²) in [5.41, 5.74) is 6.41. The van der Waals surface area contributed by atoms with Crippen LogP contribution in [0, 0.1) is 11.7 Å². The lowest BCUT2D eigenvalue weighted by Crippen LogP contribution is -2.41. The lowest BCUT2D eigenvalue weighted by Gasteiger charge is -2.32. The molecular weight excluding hydrogens is 271 g/mol. The zero-order valence-corrected chi connectivity index (χ0v) is 10.6. The van der Waals surface area contributed by atoms with E-state index in [-0.39, 0.29) is 5.82 Å². The Morgan fingerprint density at radius 2 is 2.19 bits per heavy atom. The fourth-order valence-electron chi connectivity index (χ4n) is 2.04. The molecule has 0 radical (unpaired) electrons. The van der Waals surface area contributed by atoms with Crippen LogP contribution in [0.1, 0.15) is 18.4 Å². The second-order valence-corrected chi connectivity index (χ2v) is 5.38. The minimum absolute atomic E-state index is 0.152. The fraction of sp³-hybridized carbons (Fsp3) is 0.500. The Morgan fingerprint density at radius 3 is 2.88 bits per heavy atom. The molecule has 1 fully saturated rings. The summed E-state index contributed by atoms with van der Waals surface area (Å²) in [5.74, 6) is 0.520. The van der Waals surface area contributed by atoms with Crippen molar-refractivity contribution in [1.82, 2.24) is 5.32 Å². The van der Waals surface area contributed by atoms with Gasteiger partial charge < -0.3 is 11.1 Å². The molecule has 0 aromatic heterocycles. The maximum Gasteiger partial charge on any atom is 0.127 e. The predicted octanol–water partition coefficient (Wildman–Crippen LogP) is 2.42. The van der Waals surface area contributed by atoms with Gasteiger partial charge in [-0.1, -0.05) is 15.9 Å². The average Bonchev–Trinajstić information content (AvgIpc) is 2.20. The SMILES string of the molecule is NC1CC(CNCc2cc(Br)ccc2F)C1. The second kappa shape index (κ2) is 5.25. The van der Waals surface area contributed by atoms with E-state index in [9.17, 15) is 4.39 Å². The van der Waals surface area contributed by atoms with Crippen LogP contribution in [-0.2, 0) is 6.54 Å². The number of nitrogens with one attached hydrogen (secondary N) is 1. The summed E-state index contributed by atoms with van der Waals surface area (Å²) in [6.45, 7) is 1.51. The number of benzene rings is 1. The highest BCUT2D eigenvalue weighted by Gasteiger charge is 2.24. The van der Waals surface area contributed by atoms with Gasteiger partial charge in [0, 0.05) is 22.6 Å². The standard InChI is InChI=1S/C12H16BrFN2/c13-10-1-2-12(14)9(5-10)7-16-6-8-3-11(15)4-8/h1-2,5,8,11,16H,3-4,6-7,15H2. The van der Waals surface area contributed by atoms with Crippen molar-refractivity contribution >= 4 is 15.9 Å². The van der Waals surface area contributed by atoms with E-state index in [1.54, 1.807) is 6.07 Å². The molecule has 1 aromatic carbocycles. The van der Waals surface area contributed by atoms with Crippen LogP contribution in [0.4, 0.5) is 4.39 Å². The van der Waals surface area contributed by atoms with Gasteiger partial charge >= 0.3 is 0 Å². The van der Waals surface area contributed by atoms with E-state index in [0.717, 1.165) is 23.9 Å². The van der Waals surface area contributed by atoms with Crippen molar-refractivity contribution in [3.63, 3.8) is 0 Å². The highest BCUT2D eigenvalue weighted by atomic mass is 79.9. The van der Waals surface area contributed by atoms with E-state index < -0.39 is 0 Å². The van der Waals surface area contributed by atoms with Crippen LogP contribution in [0.5, 0.6) is 0 Å². The quantitative estimate of drug-likeness (QED) is 0.892. The molecule has 1 saturated carbocycles. The molecule has 0 bridgehead atoms. The topological polar surface area (TPSA) is 38.0 Å². The third kappa shape index (κ3) is 3.03. The van der Waals surface area contributed by atoms with E-state index in [1.807, 2.05) is 6.07 Å². The van der Waals surface area contributed by atoms with Gasteiger partial charge in [0.05, 0.1) is 0 Å². The molecule has 0 saturated heterocycles. The van der Waals surface area contributed by atoms with Gasteiger partial charge in [0.25, 0.3) is 0 Å². The zero-order valence-electron chi connectivity index (χ0n) is 9.05. The Bertz CT molecular complexity index is 364. The van der Waals surface area contributed by atoms with Gasteiger partial charge in [-0.25, -0.2) is 4.39 Å². The molecule has 0 aliphatic heterocycles. The highest BCUT2D eigenvalue weighted by molar-refractivity contribution is 9.10. The first-order valence-corrected chi connectivity index (χ1v) is 6.34. The summed E-state index contributed by atoms with van der Waals surface area (Å²) < 4.78 is 14.3. The smallest absolute Gasteiger partial charge is 0.127 e. The van der Waals surface area contributed by atoms with Crippen molar-refractivity contribution in [1.29, 1.82) is 0 Å². The van der Waals surface area contributed by atoms with Gasteiger partial charge in [-0.3, -0.25) is 0 Å². The minimum atomic E-state index is -0.152. The summed E-state index contributed by atoms with van der Waals surface area (Å²) in [4.78, 5) is 0. The summed E-state index contributed by atoms with van der Waals surface area (Å²) in [7, 11) is 0. The maximum absolute atomic E-state index is 13.4. The molecule has 0 unspecified atom stereocenters. The highest BCUT2D eigenvalue weighted by Crippen LogP contribution is 2.24. The van der Waals surface area contributed by atoms with Crippen molar-refractivity contribution < 1.29 is 4.39 Å². The van der Waals surface area contributed by atoms with Crippen LogP contribution in [0.2, 0.25) is 0 Å². The van der Waals surface area contributed by atoms with Crippen LogP contribution >= 0.6 is 15.9 Å². The molecule has 88 valence electrons. The minimum Gasteiger partial charge on any atom is -0.328 e. The molecule has 1 aliphatic rings. The first-order chi connectivity index (χ1) is 7.65. The number of hydrogen-bond donors (Lipinski definition) is 2. The Balaban J connectivity index is 1.78. The summed E-state index contributed by atoms with van der Waals surface area (Å²) in [6, 6.07) is 5.40. The first-order valence-electron chi connectivity index (χ1n) is 5.55. The van der Waals surface area contributed by atoms with Crippen LogP contribution in [0.25, 0.3) is 0 Å². The predicted molar refractivity (Wildman–Crippen MR) is 66.5 cm³/mol. The third-order valence-corrected chi connectivity index (χ3v) is 3.52.